The highest BCUT2D eigenvalue weighted by Gasteiger charge is 2.05. The first kappa shape index (κ1) is 10.1. The predicted molar refractivity (Wildman–Crippen MR) is 62.0 cm³/mol. The molecule has 0 bridgehead atoms. The molecule has 2 rings (SSSR count). The number of fused-ring (bicyclic) bond motifs is 1. The summed E-state index contributed by atoms with van der Waals surface area (Å²) in [6, 6.07) is 2.13. The fraction of sp³-hybridized carbons (Fsp3) is 0.500. The summed E-state index contributed by atoms with van der Waals surface area (Å²) in [5.74, 6) is 1.06. The van der Waals surface area contributed by atoms with Crippen molar-refractivity contribution in [2.45, 2.75) is 40.0 Å². The first-order valence-electron chi connectivity index (χ1n) is 5.53. The van der Waals surface area contributed by atoms with Crippen LogP contribution in [0.5, 0.6) is 0 Å². The van der Waals surface area contributed by atoms with Crippen LogP contribution in [0.3, 0.4) is 0 Å². The summed E-state index contributed by atoms with van der Waals surface area (Å²) < 4.78 is 0. The first-order valence-corrected chi connectivity index (χ1v) is 5.53. The largest absolute Gasteiger partial charge is 0.341 e. The highest BCUT2D eigenvalue weighted by Crippen LogP contribution is 2.14. The summed E-state index contributed by atoms with van der Waals surface area (Å²) >= 11 is 0. The smallest absolute Gasteiger partial charge is 0.177 e. The lowest BCUT2D eigenvalue weighted by Crippen LogP contribution is -1.87. The second kappa shape index (κ2) is 4.01. The number of pyridine rings is 1. The first-order chi connectivity index (χ1) is 7.20. The van der Waals surface area contributed by atoms with Crippen LogP contribution in [0.25, 0.3) is 11.2 Å². The molecule has 3 nitrogen and oxygen atoms in total. The third-order valence-electron chi connectivity index (χ3n) is 2.73. The zero-order valence-electron chi connectivity index (χ0n) is 9.59. The van der Waals surface area contributed by atoms with Gasteiger partial charge in [0.15, 0.2) is 5.65 Å². The summed E-state index contributed by atoms with van der Waals surface area (Å²) in [5, 5.41) is 0. The zero-order valence-corrected chi connectivity index (χ0v) is 9.59. The molecule has 0 fully saturated rings. The quantitative estimate of drug-likeness (QED) is 0.833. The van der Waals surface area contributed by atoms with Crippen LogP contribution in [0.4, 0.5) is 0 Å². The Morgan fingerprint density at radius 1 is 1.27 bits per heavy atom. The molecule has 3 heteroatoms. The molecule has 2 heterocycles. The number of rotatable bonds is 3. The Morgan fingerprint density at radius 2 is 2.07 bits per heavy atom. The van der Waals surface area contributed by atoms with Crippen molar-refractivity contribution in [3.05, 3.63) is 23.1 Å². The molecule has 15 heavy (non-hydrogen) atoms. The van der Waals surface area contributed by atoms with Crippen molar-refractivity contribution in [1.82, 2.24) is 15.0 Å². The molecule has 0 radical (unpaired) electrons. The lowest BCUT2D eigenvalue weighted by molar-refractivity contribution is 0.764. The molecule has 0 amide bonds. The van der Waals surface area contributed by atoms with Gasteiger partial charge in [-0.1, -0.05) is 13.3 Å². The van der Waals surface area contributed by atoms with Crippen LogP contribution in [0.2, 0.25) is 0 Å². The molecule has 1 N–H and O–H groups in total. The fourth-order valence-electron chi connectivity index (χ4n) is 1.64. The standard InChI is InChI=1S/C12H17N3/c1-4-5-6-11-14-10-7-8(2)9(3)13-12(10)15-11/h7H,4-6H2,1-3H3,(H,13,14,15). The van der Waals surface area contributed by atoms with Crippen LogP contribution < -0.4 is 0 Å². The number of nitrogens with one attached hydrogen (secondary N) is 1. The Balaban J connectivity index is 2.38. The predicted octanol–water partition coefficient (Wildman–Crippen LogP) is 2.92. The lowest BCUT2D eigenvalue weighted by atomic mass is 10.2. The lowest BCUT2D eigenvalue weighted by Gasteiger charge is -1.96. The van der Waals surface area contributed by atoms with E-state index in [1.165, 1.54) is 18.4 Å². The summed E-state index contributed by atoms with van der Waals surface area (Å²) in [4.78, 5) is 12.3. The Kier molecular flexibility index (Phi) is 2.71. The number of aromatic nitrogens is 3. The van der Waals surface area contributed by atoms with E-state index in [4.69, 9.17) is 0 Å². The fourth-order valence-corrected chi connectivity index (χ4v) is 1.64. The van der Waals surface area contributed by atoms with E-state index in [2.05, 4.69) is 34.9 Å². The molecule has 0 aliphatic heterocycles. The topological polar surface area (TPSA) is 41.6 Å². The van der Waals surface area contributed by atoms with Crippen LogP contribution in [0.1, 0.15) is 36.8 Å². The van der Waals surface area contributed by atoms with Gasteiger partial charge in [0.1, 0.15) is 5.82 Å². The van der Waals surface area contributed by atoms with Gasteiger partial charge in [-0.3, -0.25) is 0 Å². The van der Waals surface area contributed by atoms with Crippen LogP contribution in [0, 0.1) is 13.8 Å². The molecule has 0 aliphatic carbocycles. The molecular weight excluding hydrogens is 186 g/mol. The number of hydrogen-bond acceptors (Lipinski definition) is 2. The maximum Gasteiger partial charge on any atom is 0.177 e. The molecule has 0 aliphatic rings. The number of aryl methyl sites for hydroxylation is 3. The van der Waals surface area contributed by atoms with Crippen LogP contribution in [-0.2, 0) is 6.42 Å². The van der Waals surface area contributed by atoms with Crippen LogP contribution in [-0.4, -0.2) is 15.0 Å². The van der Waals surface area contributed by atoms with Gasteiger partial charge in [-0.15, -0.1) is 0 Å². The molecule has 2 aromatic rings. The second-order valence-electron chi connectivity index (χ2n) is 4.05. The van der Waals surface area contributed by atoms with Gasteiger partial charge >= 0.3 is 0 Å². The van der Waals surface area contributed by atoms with Gasteiger partial charge in [-0.25, -0.2) is 9.97 Å². The van der Waals surface area contributed by atoms with E-state index < -0.39 is 0 Å². The molecule has 0 spiro atoms. The monoisotopic (exact) mass is 203 g/mol. The van der Waals surface area contributed by atoms with Crippen LogP contribution in [0.15, 0.2) is 6.07 Å². The number of imidazole rings is 1. The second-order valence-corrected chi connectivity index (χ2v) is 4.05. The van der Waals surface area contributed by atoms with Crippen molar-refractivity contribution < 1.29 is 0 Å². The highest BCUT2D eigenvalue weighted by atomic mass is 15.0. The maximum absolute atomic E-state index is 4.49. The van der Waals surface area contributed by atoms with Gasteiger partial charge in [-0.2, -0.15) is 0 Å². The van der Waals surface area contributed by atoms with E-state index in [0.717, 1.165) is 29.1 Å². The minimum absolute atomic E-state index is 0.851. The summed E-state index contributed by atoms with van der Waals surface area (Å²) in [6.45, 7) is 6.29. The summed E-state index contributed by atoms with van der Waals surface area (Å²) in [5.41, 5.74) is 4.19. The third-order valence-corrected chi connectivity index (χ3v) is 2.73. The van der Waals surface area contributed by atoms with Crippen molar-refractivity contribution in [3.8, 4) is 0 Å². The van der Waals surface area contributed by atoms with E-state index >= 15 is 0 Å². The molecule has 0 unspecified atom stereocenters. The molecule has 2 aromatic heterocycles. The minimum atomic E-state index is 0.851. The number of nitrogens with zero attached hydrogens (tertiary/aromatic N) is 2. The molecule has 0 saturated carbocycles. The van der Waals surface area contributed by atoms with Crippen molar-refractivity contribution in [2.75, 3.05) is 0 Å². The van der Waals surface area contributed by atoms with Crippen LogP contribution >= 0.6 is 0 Å². The highest BCUT2D eigenvalue weighted by molar-refractivity contribution is 5.71. The van der Waals surface area contributed by atoms with E-state index in [0.29, 0.717) is 0 Å². The molecule has 80 valence electrons. The Labute approximate surface area is 90.0 Å². The Bertz CT molecular complexity index is 432. The van der Waals surface area contributed by atoms with E-state index in [1.54, 1.807) is 0 Å². The maximum atomic E-state index is 4.49. The van der Waals surface area contributed by atoms with Crippen molar-refractivity contribution in [2.24, 2.45) is 0 Å². The van der Waals surface area contributed by atoms with Crippen molar-refractivity contribution >= 4 is 11.2 Å². The molecule has 0 atom stereocenters. The van der Waals surface area contributed by atoms with Gasteiger partial charge in [0.2, 0.25) is 0 Å². The summed E-state index contributed by atoms with van der Waals surface area (Å²) in [6.07, 6.45) is 3.39. The normalized spacial score (nSPS) is 11.1. The van der Waals surface area contributed by atoms with Gasteiger partial charge in [0.05, 0.1) is 5.52 Å². The van der Waals surface area contributed by atoms with Gasteiger partial charge < -0.3 is 4.98 Å². The summed E-state index contributed by atoms with van der Waals surface area (Å²) in [7, 11) is 0. The number of unbranched alkanes of at least 4 members (excludes halogenated alkanes) is 1. The van der Waals surface area contributed by atoms with Gasteiger partial charge in [0.25, 0.3) is 0 Å². The average molecular weight is 203 g/mol. The molecule has 0 aromatic carbocycles. The molecular formula is C12H17N3. The SMILES string of the molecule is CCCCc1nc2nc(C)c(C)cc2[nH]1. The van der Waals surface area contributed by atoms with E-state index in [1.807, 2.05) is 6.92 Å². The average Bonchev–Trinajstić information content (AvgIpc) is 2.58. The van der Waals surface area contributed by atoms with Crippen molar-refractivity contribution in [3.63, 3.8) is 0 Å². The van der Waals surface area contributed by atoms with E-state index in [9.17, 15) is 0 Å². The molecule has 0 saturated heterocycles. The van der Waals surface area contributed by atoms with Gasteiger partial charge in [-0.05, 0) is 31.9 Å². The van der Waals surface area contributed by atoms with E-state index in [-0.39, 0.29) is 0 Å². The van der Waals surface area contributed by atoms with Gasteiger partial charge in [0, 0.05) is 12.1 Å². The van der Waals surface area contributed by atoms with Crippen molar-refractivity contribution in [1.29, 1.82) is 0 Å². The minimum Gasteiger partial charge on any atom is -0.341 e. The third kappa shape index (κ3) is 2.01. The Morgan fingerprint density at radius 3 is 2.80 bits per heavy atom. The zero-order chi connectivity index (χ0) is 10.8. The number of hydrogen-bond donors (Lipinski definition) is 1. The number of H-pyrrole nitrogens is 1. The Hall–Kier alpha value is -1.38. The number of aromatic amines is 1.